The zero-order chi connectivity index (χ0) is 13.1. The van der Waals surface area contributed by atoms with Gasteiger partial charge in [-0.25, -0.2) is 9.37 Å². The molecule has 0 spiro atoms. The lowest BCUT2D eigenvalue weighted by Crippen LogP contribution is -2.28. The number of phenols is 1. The van der Waals surface area contributed by atoms with Crippen LogP contribution in [0.2, 0.25) is 0 Å². The Morgan fingerprint density at radius 3 is 2.94 bits per heavy atom. The molecule has 0 aliphatic rings. The number of carbonyl (C=O) groups is 1. The Morgan fingerprint density at radius 1 is 1.56 bits per heavy atom. The van der Waals surface area contributed by atoms with Crippen LogP contribution >= 0.6 is 0 Å². The van der Waals surface area contributed by atoms with Crippen LogP contribution in [-0.2, 0) is 0 Å². The predicted octanol–water partition coefficient (Wildman–Crippen LogP) is 1.75. The van der Waals surface area contributed by atoms with Crippen LogP contribution in [-0.4, -0.2) is 21.0 Å². The Labute approximate surface area is 103 Å². The number of hydrogen-bond donors (Lipinski definition) is 3. The van der Waals surface area contributed by atoms with E-state index in [0.717, 1.165) is 6.07 Å². The van der Waals surface area contributed by atoms with E-state index >= 15 is 0 Å². The summed E-state index contributed by atoms with van der Waals surface area (Å²) >= 11 is 0. The van der Waals surface area contributed by atoms with Crippen LogP contribution in [0.15, 0.2) is 30.6 Å². The fraction of sp³-hybridized carbons (Fsp3) is 0.167. The third-order valence-electron chi connectivity index (χ3n) is 2.50. The fourth-order valence-corrected chi connectivity index (χ4v) is 1.59. The summed E-state index contributed by atoms with van der Waals surface area (Å²) in [4.78, 5) is 18.7. The zero-order valence-corrected chi connectivity index (χ0v) is 9.64. The monoisotopic (exact) mass is 249 g/mol. The van der Waals surface area contributed by atoms with Gasteiger partial charge in [-0.15, -0.1) is 0 Å². The van der Waals surface area contributed by atoms with Gasteiger partial charge in [0.25, 0.3) is 5.91 Å². The van der Waals surface area contributed by atoms with E-state index in [4.69, 9.17) is 0 Å². The Hall–Kier alpha value is -2.37. The standard InChI is InChI=1S/C12H12FN3O2/c1-7(11-14-5-6-15-11)16-12(18)10-8(13)3-2-4-9(10)17/h2-7,17H,1H3,(H,14,15)(H,16,18). The lowest BCUT2D eigenvalue weighted by Gasteiger charge is -2.12. The Morgan fingerprint density at radius 2 is 2.33 bits per heavy atom. The van der Waals surface area contributed by atoms with E-state index in [9.17, 15) is 14.3 Å². The maximum atomic E-state index is 13.4. The SMILES string of the molecule is CC(NC(=O)c1c(O)cccc1F)c1ncc[nH]1. The average Bonchev–Trinajstić information content (AvgIpc) is 2.81. The first-order valence-electron chi connectivity index (χ1n) is 5.37. The van der Waals surface area contributed by atoms with Crippen molar-refractivity contribution in [3.05, 3.63) is 47.8 Å². The molecule has 1 atom stereocenters. The summed E-state index contributed by atoms with van der Waals surface area (Å²) in [6, 6.07) is 3.30. The number of nitrogens with zero attached hydrogens (tertiary/aromatic N) is 1. The van der Waals surface area contributed by atoms with Crippen LogP contribution < -0.4 is 5.32 Å². The summed E-state index contributed by atoms with van der Waals surface area (Å²) in [5, 5.41) is 12.0. The van der Waals surface area contributed by atoms with Crippen LogP contribution in [0.25, 0.3) is 0 Å². The Balaban J connectivity index is 2.18. The van der Waals surface area contributed by atoms with E-state index in [-0.39, 0.29) is 11.3 Å². The number of rotatable bonds is 3. The van der Waals surface area contributed by atoms with E-state index < -0.39 is 17.8 Å². The molecule has 0 fully saturated rings. The van der Waals surface area contributed by atoms with Crippen molar-refractivity contribution in [1.82, 2.24) is 15.3 Å². The molecule has 0 aliphatic heterocycles. The van der Waals surface area contributed by atoms with Gasteiger partial charge in [0.1, 0.15) is 23.0 Å². The van der Waals surface area contributed by atoms with Crippen LogP contribution in [0.4, 0.5) is 4.39 Å². The molecule has 0 bridgehead atoms. The van der Waals surface area contributed by atoms with E-state index in [1.165, 1.54) is 12.1 Å². The van der Waals surface area contributed by atoms with Crippen LogP contribution in [0.1, 0.15) is 29.1 Å². The van der Waals surface area contributed by atoms with Gasteiger partial charge < -0.3 is 15.4 Å². The van der Waals surface area contributed by atoms with E-state index in [2.05, 4.69) is 15.3 Å². The van der Waals surface area contributed by atoms with Crippen LogP contribution in [0, 0.1) is 5.82 Å². The molecule has 18 heavy (non-hydrogen) atoms. The maximum absolute atomic E-state index is 13.4. The number of amides is 1. The molecule has 0 aliphatic carbocycles. The van der Waals surface area contributed by atoms with Crippen molar-refractivity contribution in [3.63, 3.8) is 0 Å². The summed E-state index contributed by atoms with van der Waals surface area (Å²) in [5.41, 5.74) is -0.365. The van der Waals surface area contributed by atoms with Gasteiger partial charge in [-0.05, 0) is 19.1 Å². The highest BCUT2D eigenvalue weighted by Crippen LogP contribution is 2.20. The first-order valence-corrected chi connectivity index (χ1v) is 5.37. The molecule has 2 aromatic rings. The quantitative estimate of drug-likeness (QED) is 0.775. The fourth-order valence-electron chi connectivity index (χ4n) is 1.59. The number of aromatic hydroxyl groups is 1. The highest BCUT2D eigenvalue weighted by molar-refractivity contribution is 5.97. The highest BCUT2D eigenvalue weighted by Gasteiger charge is 2.19. The molecular weight excluding hydrogens is 237 g/mol. The molecule has 6 heteroatoms. The number of hydrogen-bond acceptors (Lipinski definition) is 3. The highest BCUT2D eigenvalue weighted by atomic mass is 19.1. The minimum atomic E-state index is -0.765. The Bertz CT molecular complexity index is 534. The number of aromatic nitrogens is 2. The molecule has 5 nitrogen and oxygen atoms in total. The van der Waals surface area contributed by atoms with Crippen molar-refractivity contribution in [2.75, 3.05) is 0 Å². The van der Waals surface area contributed by atoms with Gasteiger partial charge in [-0.3, -0.25) is 4.79 Å². The molecule has 94 valence electrons. The number of nitrogens with one attached hydrogen (secondary N) is 2. The minimum absolute atomic E-state index is 0.365. The molecule has 1 aromatic carbocycles. The topological polar surface area (TPSA) is 78.0 Å². The molecule has 0 saturated heterocycles. The first kappa shape index (κ1) is 12.1. The molecule has 0 saturated carbocycles. The molecule has 3 N–H and O–H groups in total. The molecule has 1 unspecified atom stereocenters. The first-order chi connectivity index (χ1) is 8.59. The number of phenolic OH excluding ortho intramolecular Hbond substituents is 1. The molecule has 2 rings (SSSR count). The second-order valence-corrected chi connectivity index (χ2v) is 3.80. The van der Waals surface area contributed by atoms with Crippen LogP contribution in [0.3, 0.4) is 0 Å². The maximum Gasteiger partial charge on any atom is 0.258 e. The number of halogens is 1. The number of carbonyl (C=O) groups excluding carboxylic acids is 1. The summed E-state index contributed by atoms with van der Waals surface area (Å²) < 4.78 is 13.4. The van der Waals surface area contributed by atoms with Crippen molar-refractivity contribution in [1.29, 1.82) is 0 Å². The number of imidazole rings is 1. The second kappa shape index (κ2) is 4.87. The van der Waals surface area contributed by atoms with Gasteiger partial charge in [0.05, 0.1) is 6.04 Å². The second-order valence-electron chi connectivity index (χ2n) is 3.80. The van der Waals surface area contributed by atoms with Crippen molar-refractivity contribution in [3.8, 4) is 5.75 Å². The number of aromatic amines is 1. The van der Waals surface area contributed by atoms with Gasteiger partial charge in [-0.2, -0.15) is 0 Å². The van der Waals surface area contributed by atoms with Gasteiger partial charge in [0.2, 0.25) is 0 Å². The van der Waals surface area contributed by atoms with Crippen molar-refractivity contribution >= 4 is 5.91 Å². The minimum Gasteiger partial charge on any atom is -0.507 e. The average molecular weight is 249 g/mol. The van der Waals surface area contributed by atoms with Gasteiger partial charge in [0.15, 0.2) is 0 Å². The third kappa shape index (κ3) is 2.32. The summed E-state index contributed by atoms with van der Waals surface area (Å²) in [7, 11) is 0. The molecule has 1 heterocycles. The number of H-pyrrole nitrogens is 1. The molecule has 1 aromatic heterocycles. The predicted molar refractivity (Wildman–Crippen MR) is 62.5 cm³/mol. The lowest BCUT2D eigenvalue weighted by atomic mass is 10.1. The lowest BCUT2D eigenvalue weighted by molar-refractivity contribution is 0.0931. The smallest absolute Gasteiger partial charge is 0.258 e. The summed E-state index contributed by atoms with van der Waals surface area (Å²) in [6.45, 7) is 1.70. The van der Waals surface area contributed by atoms with E-state index in [0.29, 0.717) is 5.82 Å². The van der Waals surface area contributed by atoms with Gasteiger partial charge >= 0.3 is 0 Å². The van der Waals surface area contributed by atoms with Crippen molar-refractivity contribution < 1.29 is 14.3 Å². The largest absolute Gasteiger partial charge is 0.507 e. The normalized spacial score (nSPS) is 12.1. The summed E-state index contributed by atoms with van der Waals surface area (Å²) in [6.07, 6.45) is 3.18. The van der Waals surface area contributed by atoms with Crippen molar-refractivity contribution in [2.24, 2.45) is 0 Å². The van der Waals surface area contributed by atoms with E-state index in [1.807, 2.05) is 0 Å². The van der Waals surface area contributed by atoms with Gasteiger partial charge in [0, 0.05) is 12.4 Å². The summed E-state index contributed by atoms with van der Waals surface area (Å²) in [5.74, 6) is -1.29. The van der Waals surface area contributed by atoms with Crippen molar-refractivity contribution in [2.45, 2.75) is 13.0 Å². The Kier molecular flexibility index (Phi) is 3.27. The molecule has 0 radical (unpaired) electrons. The number of benzene rings is 1. The molecule has 1 amide bonds. The van der Waals surface area contributed by atoms with Gasteiger partial charge in [-0.1, -0.05) is 6.07 Å². The third-order valence-corrected chi connectivity index (χ3v) is 2.50. The molecular formula is C12H12FN3O2. The van der Waals surface area contributed by atoms with E-state index in [1.54, 1.807) is 19.3 Å². The zero-order valence-electron chi connectivity index (χ0n) is 9.64. The van der Waals surface area contributed by atoms with Crippen LogP contribution in [0.5, 0.6) is 5.75 Å².